The monoisotopic (exact) mass is 212 g/mol. The Bertz CT molecular complexity index is 275. The van der Waals surface area contributed by atoms with Crippen LogP contribution in [0.25, 0.3) is 10.4 Å². The van der Waals surface area contributed by atoms with Gasteiger partial charge in [-0.2, -0.15) is 0 Å². The minimum absolute atomic E-state index is 0.122. The SMILES string of the molecule is CC[C@@H]1CN(C(=O)CN=[N+]=[N-])CC[C@@H]1O. The van der Waals surface area contributed by atoms with Crippen LogP contribution in [0.15, 0.2) is 5.11 Å². The molecule has 1 rings (SSSR count). The first-order valence-corrected chi connectivity index (χ1v) is 5.15. The van der Waals surface area contributed by atoms with E-state index in [9.17, 15) is 9.90 Å². The van der Waals surface area contributed by atoms with Crippen LogP contribution < -0.4 is 0 Å². The number of rotatable bonds is 3. The number of azide groups is 1. The molecule has 2 atom stereocenters. The van der Waals surface area contributed by atoms with Crippen molar-refractivity contribution in [2.24, 2.45) is 11.0 Å². The number of amides is 1. The molecule has 1 amide bonds. The van der Waals surface area contributed by atoms with Crippen molar-refractivity contribution in [3.8, 4) is 0 Å². The highest BCUT2D eigenvalue weighted by atomic mass is 16.3. The summed E-state index contributed by atoms with van der Waals surface area (Å²) in [5.74, 6) is -0.00749. The lowest BCUT2D eigenvalue weighted by Gasteiger charge is -2.35. The molecular formula is C9H16N4O2. The zero-order valence-corrected chi connectivity index (χ0v) is 8.83. The van der Waals surface area contributed by atoms with E-state index >= 15 is 0 Å². The predicted octanol–water partition coefficient (Wildman–Crippen LogP) is 0.916. The average molecular weight is 212 g/mol. The van der Waals surface area contributed by atoms with Crippen LogP contribution in [0.2, 0.25) is 0 Å². The Balaban J connectivity index is 2.50. The molecule has 0 aromatic rings. The van der Waals surface area contributed by atoms with Crippen LogP contribution >= 0.6 is 0 Å². The van der Waals surface area contributed by atoms with E-state index < -0.39 is 0 Å². The van der Waals surface area contributed by atoms with E-state index in [1.165, 1.54) is 0 Å². The number of hydrogen-bond acceptors (Lipinski definition) is 3. The summed E-state index contributed by atoms with van der Waals surface area (Å²) >= 11 is 0. The van der Waals surface area contributed by atoms with Gasteiger partial charge in [0.25, 0.3) is 0 Å². The second kappa shape index (κ2) is 5.58. The molecule has 0 saturated carbocycles. The zero-order chi connectivity index (χ0) is 11.3. The topological polar surface area (TPSA) is 89.3 Å². The van der Waals surface area contributed by atoms with E-state index in [2.05, 4.69) is 10.0 Å². The first kappa shape index (κ1) is 11.8. The smallest absolute Gasteiger partial charge is 0.228 e. The summed E-state index contributed by atoms with van der Waals surface area (Å²) in [7, 11) is 0. The van der Waals surface area contributed by atoms with Gasteiger partial charge in [-0.3, -0.25) is 4.79 Å². The first-order chi connectivity index (χ1) is 7.19. The molecule has 0 radical (unpaired) electrons. The number of hydrogen-bond donors (Lipinski definition) is 1. The number of piperidine rings is 1. The molecule has 15 heavy (non-hydrogen) atoms. The van der Waals surface area contributed by atoms with Gasteiger partial charge < -0.3 is 10.0 Å². The Morgan fingerprint density at radius 3 is 3.07 bits per heavy atom. The van der Waals surface area contributed by atoms with Gasteiger partial charge in [0.2, 0.25) is 5.91 Å². The minimum Gasteiger partial charge on any atom is -0.393 e. The van der Waals surface area contributed by atoms with Gasteiger partial charge in [-0.1, -0.05) is 12.0 Å². The van der Waals surface area contributed by atoms with Gasteiger partial charge in [0.05, 0.1) is 6.10 Å². The Hall–Kier alpha value is -1.26. The third kappa shape index (κ3) is 3.11. The van der Waals surface area contributed by atoms with Crippen molar-refractivity contribution < 1.29 is 9.90 Å². The van der Waals surface area contributed by atoms with Crippen molar-refractivity contribution in [3.63, 3.8) is 0 Å². The second-order valence-corrected chi connectivity index (χ2v) is 3.75. The molecule has 1 aliphatic rings. The lowest BCUT2D eigenvalue weighted by molar-refractivity contribution is -0.133. The third-order valence-corrected chi connectivity index (χ3v) is 2.84. The van der Waals surface area contributed by atoms with Crippen molar-refractivity contribution >= 4 is 5.91 Å². The number of aliphatic hydroxyl groups is 1. The van der Waals surface area contributed by atoms with Gasteiger partial charge in [-0.15, -0.1) is 0 Å². The number of aliphatic hydroxyl groups excluding tert-OH is 1. The van der Waals surface area contributed by atoms with Crippen LogP contribution in [0.5, 0.6) is 0 Å². The molecule has 6 nitrogen and oxygen atoms in total. The summed E-state index contributed by atoms with van der Waals surface area (Å²) in [6.07, 6.45) is 1.16. The fraction of sp³-hybridized carbons (Fsp3) is 0.889. The molecule has 0 unspecified atom stereocenters. The normalized spacial score (nSPS) is 25.9. The van der Waals surface area contributed by atoms with E-state index in [1.807, 2.05) is 6.92 Å². The van der Waals surface area contributed by atoms with Gasteiger partial charge in [0, 0.05) is 23.9 Å². The molecule has 0 aromatic carbocycles. The summed E-state index contributed by atoms with van der Waals surface area (Å²) in [6.45, 7) is 2.99. The van der Waals surface area contributed by atoms with E-state index in [0.29, 0.717) is 19.5 Å². The van der Waals surface area contributed by atoms with Crippen molar-refractivity contribution in [2.75, 3.05) is 19.6 Å². The predicted molar refractivity (Wildman–Crippen MR) is 55.0 cm³/mol. The van der Waals surface area contributed by atoms with Crippen LogP contribution in [-0.2, 0) is 4.79 Å². The maximum atomic E-state index is 11.5. The molecule has 1 N–H and O–H groups in total. The van der Waals surface area contributed by atoms with E-state index in [1.54, 1.807) is 4.90 Å². The molecule has 0 spiro atoms. The quantitative estimate of drug-likeness (QED) is 0.428. The van der Waals surface area contributed by atoms with Gasteiger partial charge in [-0.05, 0) is 18.4 Å². The van der Waals surface area contributed by atoms with E-state index in [-0.39, 0.29) is 24.5 Å². The Labute approximate surface area is 88.5 Å². The Kier molecular flexibility index (Phi) is 4.39. The average Bonchev–Trinajstić information content (AvgIpc) is 2.26. The van der Waals surface area contributed by atoms with Crippen LogP contribution in [0, 0.1) is 5.92 Å². The number of nitrogens with zero attached hydrogens (tertiary/aromatic N) is 4. The second-order valence-electron chi connectivity index (χ2n) is 3.75. The molecule has 1 fully saturated rings. The molecule has 0 aromatic heterocycles. The summed E-state index contributed by atoms with van der Waals surface area (Å²) in [5.41, 5.74) is 8.10. The van der Waals surface area contributed by atoms with Crippen LogP contribution in [-0.4, -0.2) is 41.7 Å². The number of likely N-dealkylation sites (tertiary alicyclic amines) is 1. The van der Waals surface area contributed by atoms with Crippen molar-refractivity contribution in [1.82, 2.24) is 4.90 Å². The van der Waals surface area contributed by atoms with E-state index in [0.717, 1.165) is 6.42 Å². The fourth-order valence-electron chi connectivity index (χ4n) is 1.84. The molecule has 0 bridgehead atoms. The molecule has 1 aliphatic heterocycles. The van der Waals surface area contributed by atoms with Gasteiger partial charge in [0.15, 0.2) is 0 Å². The lowest BCUT2D eigenvalue weighted by Crippen LogP contribution is -2.46. The van der Waals surface area contributed by atoms with Crippen LogP contribution in [0.4, 0.5) is 0 Å². The van der Waals surface area contributed by atoms with Crippen LogP contribution in [0.3, 0.4) is 0 Å². The highest BCUT2D eigenvalue weighted by molar-refractivity contribution is 5.78. The maximum Gasteiger partial charge on any atom is 0.228 e. The Morgan fingerprint density at radius 1 is 1.73 bits per heavy atom. The minimum atomic E-state index is -0.307. The fourth-order valence-corrected chi connectivity index (χ4v) is 1.84. The van der Waals surface area contributed by atoms with Gasteiger partial charge >= 0.3 is 0 Å². The van der Waals surface area contributed by atoms with Crippen molar-refractivity contribution in [2.45, 2.75) is 25.9 Å². The van der Waals surface area contributed by atoms with Crippen molar-refractivity contribution in [1.29, 1.82) is 0 Å². The molecule has 0 aliphatic carbocycles. The highest BCUT2D eigenvalue weighted by Crippen LogP contribution is 2.19. The van der Waals surface area contributed by atoms with Crippen LogP contribution in [0.1, 0.15) is 19.8 Å². The number of carbonyl (C=O) groups is 1. The van der Waals surface area contributed by atoms with E-state index in [4.69, 9.17) is 5.53 Å². The lowest BCUT2D eigenvalue weighted by atomic mass is 9.92. The summed E-state index contributed by atoms with van der Waals surface area (Å²) < 4.78 is 0. The standard InChI is InChI=1S/C9H16N4O2/c1-2-7-6-13(4-3-8(7)14)9(15)5-11-12-10/h7-8,14H,2-6H2,1H3/t7-,8+/m1/s1. The van der Waals surface area contributed by atoms with Gasteiger partial charge in [0.1, 0.15) is 6.54 Å². The zero-order valence-electron chi connectivity index (χ0n) is 8.83. The molecular weight excluding hydrogens is 196 g/mol. The Morgan fingerprint density at radius 2 is 2.47 bits per heavy atom. The number of carbonyl (C=O) groups excluding carboxylic acids is 1. The maximum absolute atomic E-state index is 11.5. The largest absolute Gasteiger partial charge is 0.393 e. The molecule has 1 saturated heterocycles. The van der Waals surface area contributed by atoms with Gasteiger partial charge in [-0.25, -0.2) is 0 Å². The molecule has 84 valence electrons. The summed E-state index contributed by atoms with van der Waals surface area (Å²) in [5, 5.41) is 12.9. The molecule has 1 heterocycles. The summed E-state index contributed by atoms with van der Waals surface area (Å²) in [6, 6.07) is 0. The molecule has 6 heteroatoms. The highest BCUT2D eigenvalue weighted by Gasteiger charge is 2.28. The third-order valence-electron chi connectivity index (χ3n) is 2.84. The summed E-state index contributed by atoms with van der Waals surface area (Å²) in [4.78, 5) is 15.7. The first-order valence-electron chi connectivity index (χ1n) is 5.15. The van der Waals surface area contributed by atoms with Crippen molar-refractivity contribution in [3.05, 3.63) is 10.4 Å².